The summed E-state index contributed by atoms with van der Waals surface area (Å²) in [4.78, 5) is 27.8. The molecule has 4 rings (SSSR count). The van der Waals surface area contributed by atoms with Crippen molar-refractivity contribution < 1.29 is 4.79 Å². The van der Waals surface area contributed by atoms with Gasteiger partial charge in [0.25, 0.3) is 5.56 Å². The van der Waals surface area contributed by atoms with Crippen LogP contribution in [0.5, 0.6) is 0 Å². The van der Waals surface area contributed by atoms with Crippen molar-refractivity contribution in [3.05, 3.63) is 52.9 Å². The SMILES string of the molecule is CCC1CCCCN1CCCNC(=O)CCCn1c(=O)c2cccn2c2ccccc21. The molecule has 1 amide bonds. The maximum Gasteiger partial charge on any atom is 0.275 e. The van der Waals surface area contributed by atoms with Crippen LogP contribution in [0, 0.1) is 0 Å². The number of para-hydroxylation sites is 2. The molecule has 1 aliphatic rings. The van der Waals surface area contributed by atoms with Crippen LogP contribution < -0.4 is 10.9 Å². The van der Waals surface area contributed by atoms with Crippen molar-refractivity contribution in [1.82, 2.24) is 19.2 Å². The Hall–Kier alpha value is -2.60. The van der Waals surface area contributed by atoms with Gasteiger partial charge in [0.2, 0.25) is 5.91 Å². The number of benzene rings is 1. The molecule has 6 nitrogen and oxygen atoms in total. The van der Waals surface area contributed by atoms with Gasteiger partial charge in [-0.3, -0.25) is 9.59 Å². The number of carbonyl (C=O) groups excluding carboxylic acids is 1. The van der Waals surface area contributed by atoms with E-state index in [-0.39, 0.29) is 11.5 Å². The van der Waals surface area contributed by atoms with E-state index in [0.717, 1.165) is 36.6 Å². The van der Waals surface area contributed by atoms with Gasteiger partial charge in [-0.05, 0) is 62.9 Å². The Balaban J connectivity index is 1.27. The fraction of sp³-hybridized carbons (Fsp3) is 0.520. The molecule has 166 valence electrons. The highest BCUT2D eigenvalue weighted by molar-refractivity contribution is 5.79. The number of aromatic nitrogens is 2. The fourth-order valence-corrected chi connectivity index (χ4v) is 4.94. The van der Waals surface area contributed by atoms with Crippen LogP contribution in [0.25, 0.3) is 16.6 Å². The molecule has 1 aromatic carbocycles. The number of hydrogen-bond acceptors (Lipinski definition) is 3. The van der Waals surface area contributed by atoms with Crippen molar-refractivity contribution in [1.29, 1.82) is 0 Å². The topological polar surface area (TPSA) is 58.8 Å². The summed E-state index contributed by atoms with van der Waals surface area (Å²) in [6.45, 7) is 5.80. The van der Waals surface area contributed by atoms with Crippen LogP contribution in [0.15, 0.2) is 47.4 Å². The van der Waals surface area contributed by atoms with Gasteiger partial charge < -0.3 is 19.2 Å². The quantitative estimate of drug-likeness (QED) is 0.534. The van der Waals surface area contributed by atoms with Gasteiger partial charge in [0.15, 0.2) is 0 Å². The van der Waals surface area contributed by atoms with Gasteiger partial charge in [-0.1, -0.05) is 25.5 Å². The number of nitrogens with one attached hydrogen (secondary N) is 1. The molecule has 3 heterocycles. The van der Waals surface area contributed by atoms with Crippen molar-refractivity contribution in [2.75, 3.05) is 19.6 Å². The maximum atomic E-state index is 12.9. The largest absolute Gasteiger partial charge is 0.356 e. The zero-order chi connectivity index (χ0) is 21.6. The third-order valence-electron chi connectivity index (χ3n) is 6.60. The molecule has 1 saturated heterocycles. The zero-order valence-electron chi connectivity index (χ0n) is 18.6. The Morgan fingerprint density at radius 1 is 1.03 bits per heavy atom. The van der Waals surface area contributed by atoms with Crippen molar-refractivity contribution in [2.45, 2.75) is 64.5 Å². The van der Waals surface area contributed by atoms with Gasteiger partial charge in [0.1, 0.15) is 5.52 Å². The average molecular weight is 423 g/mol. The van der Waals surface area contributed by atoms with E-state index in [2.05, 4.69) is 17.1 Å². The lowest BCUT2D eigenvalue weighted by atomic mass is 10.00. The summed E-state index contributed by atoms with van der Waals surface area (Å²) in [5, 5.41) is 3.06. The summed E-state index contributed by atoms with van der Waals surface area (Å²) in [5.41, 5.74) is 2.58. The lowest BCUT2D eigenvalue weighted by Gasteiger charge is -2.35. The van der Waals surface area contributed by atoms with E-state index in [9.17, 15) is 9.59 Å². The van der Waals surface area contributed by atoms with Crippen LogP contribution in [0.1, 0.15) is 51.9 Å². The predicted octanol–water partition coefficient (Wildman–Crippen LogP) is 3.81. The molecule has 1 atom stereocenters. The Morgan fingerprint density at radius 2 is 1.84 bits per heavy atom. The summed E-state index contributed by atoms with van der Waals surface area (Å²) in [6.07, 6.45) is 9.18. The molecule has 1 N–H and O–H groups in total. The fourth-order valence-electron chi connectivity index (χ4n) is 4.94. The summed E-state index contributed by atoms with van der Waals surface area (Å²) >= 11 is 0. The molecule has 6 heteroatoms. The van der Waals surface area contributed by atoms with Gasteiger partial charge in [-0.2, -0.15) is 0 Å². The summed E-state index contributed by atoms with van der Waals surface area (Å²) < 4.78 is 3.74. The molecule has 31 heavy (non-hydrogen) atoms. The highest BCUT2D eigenvalue weighted by Crippen LogP contribution is 2.19. The molecule has 2 aromatic heterocycles. The molecule has 1 unspecified atom stereocenters. The van der Waals surface area contributed by atoms with Gasteiger partial charge in [-0.15, -0.1) is 0 Å². The maximum absolute atomic E-state index is 12.9. The molecule has 0 saturated carbocycles. The number of amides is 1. The number of aryl methyl sites for hydroxylation is 1. The van der Waals surface area contributed by atoms with Crippen molar-refractivity contribution in [2.24, 2.45) is 0 Å². The average Bonchev–Trinajstić information content (AvgIpc) is 3.30. The zero-order valence-corrected chi connectivity index (χ0v) is 18.6. The number of nitrogens with zero attached hydrogens (tertiary/aromatic N) is 3. The van der Waals surface area contributed by atoms with E-state index in [1.165, 1.54) is 32.2 Å². The Kier molecular flexibility index (Phi) is 7.07. The minimum Gasteiger partial charge on any atom is -0.356 e. The second-order valence-corrected chi connectivity index (χ2v) is 8.61. The van der Waals surface area contributed by atoms with Crippen molar-refractivity contribution in [3.8, 4) is 0 Å². The lowest BCUT2D eigenvalue weighted by molar-refractivity contribution is -0.121. The Bertz CT molecular complexity index is 1080. The highest BCUT2D eigenvalue weighted by Gasteiger charge is 2.19. The first-order valence-corrected chi connectivity index (χ1v) is 11.8. The summed E-state index contributed by atoms with van der Waals surface area (Å²) in [6, 6.07) is 12.4. The van der Waals surface area contributed by atoms with Crippen LogP contribution in [0.2, 0.25) is 0 Å². The van der Waals surface area contributed by atoms with Gasteiger partial charge in [0.05, 0.1) is 11.0 Å². The smallest absolute Gasteiger partial charge is 0.275 e. The number of likely N-dealkylation sites (tertiary alicyclic amines) is 1. The molecule has 0 aliphatic carbocycles. The van der Waals surface area contributed by atoms with E-state index in [4.69, 9.17) is 0 Å². The Morgan fingerprint density at radius 3 is 2.68 bits per heavy atom. The van der Waals surface area contributed by atoms with Gasteiger partial charge in [0, 0.05) is 38.3 Å². The predicted molar refractivity (Wildman–Crippen MR) is 126 cm³/mol. The minimum atomic E-state index is -0.00359. The van der Waals surface area contributed by atoms with Crippen LogP contribution in [-0.4, -0.2) is 45.5 Å². The first-order valence-electron chi connectivity index (χ1n) is 11.8. The van der Waals surface area contributed by atoms with E-state index in [1.54, 1.807) is 4.57 Å². The number of rotatable bonds is 9. The first-order chi connectivity index (χ1) is 15.2. The van der Waals surface area contributed by atoms with E-state index < -0.39 is 0 Å². The summed E-state index contributed by atoms with van der Waals surface area (Å²) in [7, 11) is 0. The number of carbonyl (C=O) groups is 1. The summed E-state index contributed by atoms with van der Waals surface area (Å²) in [5.74, 6) is 0.0757. The molecular formula is C25H34N4O2. The first kappa shape index (κ1) is 21.6. The highest BCUT2D eigenvalue weighted by atomic mass is 16.1. The van der Waals surface area contributed by atoms with Crippen LogP contribution in [-0.2, 0) is 11.3 Å². The van der Waals surface area contributed by atoms with Gasteiger partial charge >= 0.3 is 0 Å². The van der Waals surface area contributed by atoms with Crippen LogP contribution in [0.3, 0.4) is 0 Å². The molecule has 0 spiro atoms. The second-order valence-electron chi connectivity index (χ2n) is 8.61. The van der Waals surface area contributed by atoms with E-state index in [1.807, 2.05) is 47.0 Å². The number of piperidine rings is 1. The second kappa shape index (κ2) is 10.1. The van der Waals surface area contributed by atoms with Crippen molar-refractivity contribution >= 4 is 22.5 Å². The van der Waals surface area contributed by atoms with Gasteiger partial charge in [-0.25, -0.2) is 0 Å². The lowest BCUT2D eigenvalue weighted by Crippen LogP contribution is -2.40. The van der Waals surface area contributed by atoms with E-state index >= 15 is 0 Å². The molecule has 0 radical (unpaired) electrons. The molecule has 3 aromatic rings. The normalized spacial score (nSPS) is 17.4. The van der Waals surface area contributed by atoms with Crippen LogP contribution >= 0.6 is 0 Å². The van der Waals surface area contributed by atoms with Crippen LogP contribution in [0.4, 0.5) is 0 Å². The molecular weight excluding hydrogens is 388 g/mol. The molecule has 1 fully saturated rings. The molecule has 1 aliphatic heterocycles. The van der Waals surface area contributed by atoms with Crippen molar-refractivity contribution in [3.63, 3.8) is 0 Å². The number of hydrogen-bond donors (Lipinski definition) is 1. The monoisotopic (exact) mass is 422 g/mol. The Labute approximate surface area is 183 Å². The standard InChI is InChI=1S/C25H34N4O2/c1-2-20-10-5-6-16-27(20)17-9-15-26-24(30)14-8-19-29-22-12-4-3-11-21(22)28-18-7-13-23(28)25(29)31/h3-4,7,11-13,18,20H,2,5-6,8-10,14-17,19H2,1H3,(H,26,30). The molecule has 0 bridgehead atoms. The third-order valence-corrected chi connectivity index (χ3v) is 6.60. The minimum absolute atomic E-state index is 0.00359. The number of fused-ring (bicyclic) bond motifs is 3. The van der Waals surface area contributed by atoms with E-state index in [0.29, 0.717) is 24.9 Å². The third kappa shape index (κ3) is 4.85.